The number of carbonyl (C=O) groups is 3. The number of rotatable bonds is 10. The molecule has 0 bridgehead atoms. The zero-order valence-electron chi connectivity index (χ0n) is 22.0. The van der Waals surface area contributed by atoms with Crippen molar-refractivity contribution >= 4 is 23.4 Å². The first kappa shape index (κ1) is 27.4. The summed E-state index contributed by atoms with van der Waals surface area (Å²) in [5, 5.41) is 3.25. The number of ether oxygens (including phenoxy) is 1. The SMILES string of the molecule is CCCCC(C(C)=O)C(CC(=O)N(C(=O)N1CCNCC1)c1ccccc1)c1ccc(C)cc1OC. The van der Waals surface area contributed by atoms with E-state index in [0.29, 0.717) is 44.0 Å². The second-order valence-corrected chi connectivity index (χ2v) is 9.50. The summed E-state index contributed by atoms with van der Waals surface area (Å²) in [5.74, 6) is -0.365. The van der Waals surface area contributed by atoms with Crippen LogP contribution in [-0.4, -0.2) is 55.9 Å². The van der Waals surface area contributed by atoms with E-state index >= 15 is 0 Å². The van der Waals surface area contributed by atoms with Gasteiger partial charge in [0.25, 0.3) is 0 Å². The average molecular weight is 494 g/mol. The number of carbonyl (C=O) groups excluding carboxylic acids is 3. The maximum atomic E-state index is 14.0. The third-order valence-corrected chi connectivity index (χ3v) is 6.90. The van der Waals surface area contributed by atoms with Crippen LogP contribution in [0.1, 0.15) is 56.6 Å². The second kappa shape index (κ2) is 13.2. The molecule has 0 spiro atoms. The molecule has 7 nitrogen and oxygen atoms in total. The van der Waals surface area contributed by atoms with Crippen molar-refractivity contribution < 1.29 is 19.1 Å². The Hall–Kier alpha value is -3.19. The van der Waals surface area contributed by atoms with Crippen LogP contribution in [0.25, 0.3) is 0 Å². The molecule has 0 saturated carbocycles. The number of amides is 3. The number of para-hydroxylation sites is 1. The van der Waals surface area contributed by atoms with Crippen LogP contribution in [0.4, 0.5) is 10.5 Å². The molecule has 1 aliphatic heterocycles. The summed E-state index contributed by atoms with van der Waals surface area (Å²) in [4.78, 5) is 43.5. The number of imide groups is 1. The summed E-state index contributed by atoms with van der Waals surface area (Å²) >= 11 is 0. The van der Waals surface area contributed by atoms with E-state index in [0.717, 1.165) is 24.0 Å². The molecule has 1 fully saturated rings. The van der Waals surface area contributed by atoms with Gasteiger partial charge < -0.3 is 15.0 Å². The molecule has 2 aromatic rings. The van der Waals surface area contributed by atoms with Gasteiger partial charge in [0.1, 0.15) is 11.5 Å². The minimum absolute atomic E-state index is 0.0279. The van der Waals surface area contributed by atoms with E-state index in [1.165, 1.54) is 4.90 Å². The van der Waals surface area contributed by atoms with Crippen molar-refractivity contribution in [2.75, 3.05) is 38.2 Å². The molecule has 0 aromatic heterocycles. The summed E-state index contributed by atoms with van der Waals surface area (Å²) in [7, 11) is 1.61. The van der Waals surface area contributed by atoms with E-state index in [9.17, 15) is 14.4 Å². The number of anilines is 1. The standard InChI is InChI=1S/C29H39N3O4/c1-5-6-12-24(22(3)33)26(25-14-13-21(2)19-27(25)36-4)20-28(34)32(23-10-8-7-9-11-23)29(35)31-17-15-30-16-18-31/h7-11,13-14,19,24,26,30H,5-6,12,15-18,20H2,1-4H3. The number of ketones is 1. The predicted octanol–water partition coefficient (Wildman–Crippen LogP) is 4.93. The lowest BCUT2D eigenvalue weighted by Crippen LogP contribution is -2.53. The number of hydrogen-bond donors (Lipinski definition) is 1. The van der Waals surface area contributed by atoms with Crippen LogP contribution in [0.3, 0.4) is 0 Å². The van der Waals surface area contributed by atoms with Crippen LogP contribution < -0.4 is 15.0 Å². The maximum absolute atomic E-state index is 14.0. The Bertz CT molecular complexity index is 1030. The van der Waals surface area contributed by atoms with Gasteiger partial charge >= 0.3 is 6.03 Å². The Kier molecular flexibility index (Phi) is 10.1. The van der Waals surface area contributed by atoms with Crippen molar-refractivity contribution in [3.63, 3.8) is 0 Å². The van der Waals surface area contributed by atoms with Gasteiger partial charge in [-0.2, -0.15) is 0 Å². The van der Waals surface area contributed by atoms with Gasteiger partial charge in [-0.15, -0.1) is 0 Å². The van der Waals surface area contributed by atoms with Crippen molar-refractivity contribution in [2.45, 2.75) is 52.4 Å². The van der Waals surface area contributed by atoms with E-state index in [2.05, 4.69) is 12.2 Å². The van der Waals surface area contributed by atoms with E-state index in [1.807, 2.05) is 43.3 Å². The minimum Gasteiger partial charge on any atom is -0.496 e. The van der Waals surface area contributed by atoms with Crippen LogP contribution in [0, 0.1) is 12.8 Å². The molecule has 2 atom stereocenters. The highest BCUT2D eigenvalue weighted by Gasteiger charge is 2.35. The first-order valence-electron chi connectivity index (χ1n) is 12.9. The monoisotopic (exact) mass is 493 g/mol. The fraction of sp³-hybridized carbons (Fsp3) is 0.483. The van der Waals surface area contributed by atoms with Crippen LogP contribution in [0.15, 0.2) is 48.5 Å². The first-order chi connectivity index (χ1) is 17.4. The summed E-state index contributed by atoms with van der Waals surface area (Å²) in [6.45, 7) is 8.13. The smallest absolute Gasteiger partial charge is 0.331 e. The first-order valence-corrected chi connectivity index (χ1v) is 12.9. The number of urea groups is 1. The summed E-state index contributed by atoms with van der Waals surface area (Å²) < 4.78 is 5.69. The van der Waals surface area contributed by atoms with E-state index < -0.39 is 5.92 Å². The number of nitrogens with one attached hydrogen (secondary N) is 1. The molecule has 1 heterocycles. The van der Waals surface area contributed by atoms with Gasteiger partial charge in [0.2, 0.25) is 5.91 Å². The Morgan fingerprint density at radius 3 is 2.39 bits per heavy atom. The predicted molar refractivity (Wildman–Crippen MR) is 143 cm³/mol. The molecule has 1 N–H and O–H groups in total. The van der Waals surface area contributed by atoms with E-state index in [-0.39, 0.29) is 30.1 Å². The molecule has 7 heteroatoms. The normalized spacial score (nSPS) is 15.2. The number of benzene rings is 2. The van der Waals surface area contributed by atoms with Gasteiger partial charge in [0.15, 0.2) is 0 Å². The molecule has 36 heavy (non-hydrogen) atoms. The number of unbranched alkanes of at least 4 members (excludes halogenated alkanes) is 1. The van der Waals surface area contributed by atoms with Gasteiger partial charge in [0, 0.05) is 44.4 Å². The van der Waals surface area contributed by atoms with Crippen molar-refractivity contribution in [1.29, 1.82) is 0 Å². The van der Waals surface area contributed by atoms with Gasteiger partial charge in [-0.3, -0.25) is 9.59 Å². The number of Topliss-reactive ketones (excluding diaryl/α,β-unsaturated/α-hetero) is 1. The van der Waals surface area contributed by atoms with E-state index in [1.54, 1.807) is 31.1 Å². The lowest BCUT2D eigenvalue weighted by atomic mass is 9.77. The second-order valence-electron chi connectivity index (χ2n) is 9.50. The molecular weight excluding hydrogens is 454 g/mol. The summed E-state index contributed by atoms with van der Waals surface area (Å²) in [6, 6.07) is 14.6. The third kappa shape index (κ3) is 6.72. The zero-order chi connectivity index (χ0) is 26.1. The third-order valence-electron chi connectivity index (χ3n) is 6.90. The molecule has 3 rings (SSSR count). The topological polar surface area (TPSA) is 79.0 Å². The molecule has 0 aliphatic carbocycles. The highest BCUT2D eigenvalue weighted by atomic mass is 16.5. The molecule has 2 aromatic carbocycles. The molecular formula is C29H39N3O4. The van der Waals surface area contributed by atoms with Crippen LogP contribution in [0.5, 0.6) is 5.75 Å². The Labute approximate surface area is 214 Å². The number of methoxy groups -OCH3 is 1. The molecule has 1 saturated heterocycles. The van der Waals surface area contributed by atoms with E-state index in [4.69, 9.17) is 4.74 Å². The molecule has 1 aliphatic rings. The fourth-order valence-corrected chi connectivity index (χ4v) is 4.92. The minimum atomic E-state index is -0.404. The highest BCUT2D eigenvalue weighted by Crippen LogP contribution is 2.39. The van der Waals surface area contributed by atoms with Crippen LogP contribution in [-0.2, 0) is 9.59 Å². The van der Waals surface area contributed by atoms with Gasteiger partial charge in [0.05, 0.1) is 12.8 Å². The lowest BCUT2D eigenvalue weighted by molar-refractivity contribution is -0.122. The average Bonchev–Trinajstić information content (AvgIpc) is 2.89. The lowest BCUT2D eigenvalue weighted by Gasteiger charge is -2.34. The Balaban J connectivity index is 2.02. The van der Waals surface area contributed by atoms with Crippen molar-refractivity contribution in [3.8, 4) is 5.75 Å². The molecule has 2 unspecified atom stereocenters. The molecule has 0 radical (unpaired) electrons. The summed E-state index contributed by atoms with van der Waals surface area (Å²) in [6.07, 6.45) is 2.54. The molecule has 3 amide bonds. The molecule has 194 valence electrons. The van der Waals surface area contributed by atoms with Gasteiger partial charge in [-0.25, -0.2) is 9.69 Å². The number of piperazine rings is 1. The van der Waals surface area contributed by atoms with Gasteiger partial charge in [-0.05, 0) is 49.6 Å². The summed E-state index contributed by atoms with van der Waals surface area (Å²) in [5.41, 5.74) is 2.40. The van der Waals surface area contributed by atoms with Crippen molar-refractivity contribution in [1.82, 2.24) is 10.2 Å². The number of nitrogens with zero attached hydrogens (tertiary/aromatic N) is 2. The van der Waals surface area contributed by atoms with Crippen molar-refractivity contribution in [3.05, 3.63) is 59.7 Å². The van der Waals surface area contributed by atoms with Crippen LogP contribution >= 0.6 is 0 Å². The van der Waals surface area contributed by atoms with Gasteiger partial charge in [-0.1, -0.05) is 50.1 Å². The number of aryl methyl sites for hydroxylation is 1. The zero-order valence-corrected chi connectivity index (χ0v) is 22.0. The van der Waals surface area contributed by atoms with Crippen molar-refractivity contribution in [2.24, 2.45) is 5.92 Å². The quantitative estimate of drug-likeness (QED) is 0.508. The van der Waals surface area contributed by atoms with Crippen LogP contribution in [0.2, 0.25) is 0 Å². The Morgan fingerprint density at radius 1 is 1.08 bits per heavy atom. The fourth-order valence-electron chi connectivity index (χ4n) is 4.92. The highest BCUT2D eigenvalue weighted by molar-refractivity contribution is 6.14. The Morgan fingerprint density at radius 2 is 1.78 bits per heavy atom. The maximum Gasteiger partial charge on any atom is 0.331 e. The largest absolute Gasteiger partial charge is 0.496 e. The number of hydrogen-bond acceptors (Lipinski definition) is 5.